The number of aromatic hydroxyl groups is 1. The van der Waals surface area contributed by atoms with Gasteiger partial charge in [0.2, 0.25) is 0 Å². The van der Waals surface area contributed by atoms with Crippen LogP contribution in [0.2, 0.25) is 0 Å². The third-order valence-electron chi connectivity index (χ3n) is 4.82. The molecule has 10 heteroatoms. The molecule has 30 heavy (non-hydrogen) atoms. The molecule has 0 bridgehead atoms. The van der Waals surface area contributed by atoms with Crippen LogP contribution >= 0.6 is 56.0 Å². The number of phenolic OH excluding ortho intramolecular Hbond substituents is 1. The van der Waals surface area contributed by atoms with Gasteiger partial charge < -0.3 is 19.6 Å². The highest BCUT2D eigenvalue weighted by Crippen LogP contribution is 2.44. The minimum absolute atomic E-state index is 0. The molecular weight excluding hydrogens is 560 g/mol. The highest BCUT2D eigenvalue weighted by Gasteiger charge is 2.49. The van der Waals surface area contributed by atoms with Crippen LogP contribution in [0.5, 0.6) is 17.2 Å². The van der Waals surface area contributed by atoms with Gasteiger partial charge in [-0.25, -0.2) is 0 Å². The monoisotopic (exact) mass is 580 g/mol. The lowest BCUT2D eigenvalue weighted by Gasteiger charge is -2.41. The maximum atomic E-state index is 12.8. The number of hydrogen-bond acceptors (Lipinski definition) is 7. The normalized spacial score (nSPS) is 18.6. The van der Waals surface area contributed by atoms with Crippen molar-refractivity contribution in [2.24, 2.45) is 0 Å². The third-order valence-corrected chi connectivity index (χ3v) is 7.36. The number of phenols is 1. The van der Waals surface area contributed by atoms with Gasteiger partial charge in [0.25, 0.3) is 0 Å². The number of ketones is 1. The maximum Gasteiger partial charge on any atom is 0.177 e. The highest BCUT2D eigenvalue weighted by molar-refractivity contribution is 9.11. The summed E-state index contributed by atoms with van der Waals surface area (Å²) >= 11 is 8.37. The Bertz CT molecular complexity index is 920. The number of nitrogens with zero attached hydrogens (tertiary/aromatic N) is 2. The molecule has 1 aliphatic rings. The van der Waals surface area contributed by atoms with E-state index in [0.29, 0.717) is 28.2 Å². The van der Waals surface area contributed by atoms with Gasteiger partial charge in [-0.05, 0) is 47.1 Å². The van der Waals surface area contributed by atoms with Gasteiger partial charge in [-0.3, -0.25) is 4.79 Å². The van der Waals surface area contributed by atoms with Gasteiger partial charge in [0.15, 0.2) is 27.9 Å². The summed E-state index contributed by atoms with van der Waals surface area (Å²) in [5.41, 5.74) is 0.580. The summed E-state index contributed by atoms with van der Waals surface area (Å²) in [6.45, 7) is 2.36. The number of halogens is 3. The molecule has 1 aliphatic heterocycles. The molecule has 0 radical (unpaired) electrons. The van der Waals surface area contributed by atoms with Gasteiger partial charge in [0.05, 0.1) is 17.3 Å². The lowest BCUT2D eigenvalue weighted by molar-refractivity contribution is -0.124. The summed E-state index contributed by atoms with van der Waals surface area (Å²) in [6, 6.07) is 10.9. The fourth-order valence-corrected chi connectivity index (χ4v) is 5.81. The molecule has 1 saturated heterocycles. The zero-order valence-electron chi connectivity index (χ0n) is 16.7. The number of methoxy groups -OCH3 is 1. The van der Waals surface area contributed by atoms with Crippen molar-refractivity contribution < 1.29 is 19.4 Å². The van der Waals surface area contributed by atoms with Gasteiger partial charge in [-0.1, -0.05) is 28.1 Å². The van der Waals surface area contributed by atoms with Crippen LogP contribution < -0.4 is 14.5 Å². The smallest absolute Gasteiger partial charge is 0.177 e. The highest BCUT2D eigenvalue weighted by atomic mass is 79.9. The minimum atomic E-state index is -0.920. The number of para-hydroxylation sites is 2. The first-order valence-electron chi connectivity index (χ1n) is 8.90. The molecule has 164 valence electrons. The van der Waals surface area contributed by atoms with Crippen molar-refractivity contribution in [3.8, 4) is 17.2 Å². The van der Waals surface area contributed by atoms with Crippen LogP contribution in [0.3, 0.4) is 0 Å². The van der Waals surface area contributed by atoms with Gasteiger partial charge in [0, 0.05) is 23.8 Å². The zero-order valence-corrected chi connectivity index (χ0v) is 21.5. The SMILES string of the molecule is COc1ccccc1OCC1(C(C)=O)SCCN1N(C)c1cc(Br)cc(Br)c1O.Cl. The van der Waals surface area contributed by atoms with Crippen LogP contribution in [0, 0.1) is 0 Å². The quantitative estimate of drug-likeness (QED) is 0.487. The molecule has 0 aromatic heterocycles. The van der Waals surface area contributed by atoms with Gasteiger partial charge in [0.1, 0.15) is 6.61 Å². The number of benzene rings is 2. The second kappa shape index (κ2) is 10.5. The van der Waals surface area contributed by atoms with Crippen molar-refractivity contribution in [3.63, 3.8) is 0 Å². The second-order valence-electron chi connectivity index (χ2n) is 6.53. The third kappa shape index (κ3) is 4.85. The summed E-state index contributed by atoms with van der Waals surface area (Å²) in [4.78, 5) is 11.9. The molecule has 0 spiro atoms. The summed E-state index contributed by atoms with van der Waals surface area (Å²) in [7, 11) is 3.42. The van der Waals surface area contributed by atoms with Crippen molar-refractivity contribution in [3.05, 3.63) is 45.3 Å². The van der Waals surface area contributed by atoms with Crippen LogP contribution in [0.25, 0.3) is 0 Å². The van der Waals surface area contributed by atoms with E-state index in [0.717, 1.165) is 10.2 Å². The molecule has 2 aromatic rings. The Kier molecular flexibility index (Phi) is 8.76. The van der Waals surface area contributed by atoms with Crippen molar-refractivity contribution in [1.29, 1.82) is 0 Å². The standard InChI is InChI=1S/C20H22Br2N2O4S.ClH/c1-13(25)20(12-28-18-7-5-4-6-17(18)27-3)24(8-9-29-20)23(2)16-11-14(21)10-15(22)19(16)26;/h4-7,10-11,26H,8-9,12H2,1-3H3;1H. The predicted octanol–water partition coefficient (Wildman–Crippen LogP) is 5.11. The molecule has 1 atom stereocenters. The number of ether oxygens (including phenoxy) is 2. The number of hydrogen-bond donors (Lipinski definition) is 1. The van der Waals surface area contributed by atoms with Crippen LogP contribution in [0.4, 0.5) is 5.69 Å². The number of anilines is 1. The average molecular weight is 583 g/mol. The Balaban J connectivity index is 0.00000320. The van der Waals surface area contributed by atoms with Crippen LogP contribution in [-0.2, 0) is 4.79 Å². The molecule has 3 rings (SSSR count). The van der Waals surface area contributed by atoms with Crippen LogP contribution in [0.15, 0.2) is 45.3 Å². The first-order chi connectivity index (χ1) is 13.8. The Morgan fingerprint density at radius 2 is 1.97 bits per heavy atom. The average Bonchev–Trinajstić information content (AvgIpc) is 3.14. The van der Waals surface area contributed by atoms with E-state index in [4.69, 9.17) is 9.47 Å². The van der Waals surface area contributed by atoms with E-state index >= 15 is 0 Å². The molecule has 1 heterocycles. The maximum absolute atomic E-state index is 12.8. The predicted molar refractivity (Wildman–Crippen MR) is 130 cm³/mol. The Hall–Kier alpha value is -1.13. The second-order valence-corrected chi connectivity index (χ2v) is 9.67. The zero-order chi connectivity index (χ0) is 21.2. The topological polar surface area (TPSA) is 62.2 Å². The van der Waals surface area contributed by atoms with Crippen molar-refractivity contribution in [2.45, 2.75) is 11.8 Å². The molecule has 0 aliphatic carbocycles. The summed E-state index contributed by atoms with van der Waals surface area (Å²) < 4.78 is 12.8. The molecule has 0 saturated carbocycles. The van der Waals surface area contributed by atoms with E-state index in [-0.39, 0.29) is 30.5 Å². The molecule has 0 amide bonds. The molecule has 2 aromatic carbocycles. The largest absolute Gasteiger partial charge is 0.505 e. The molecular formula is C20H23Br2ClN2O4S. The molecule has 6 nitrogen and oxygen atoms in total. The van der Waals surface area contributed by atoms with Crippen LogP contribution in [0.1, 0.15) is 6.92 Å². The van der Waals surface area contributed by atoms with Gasteiger partial charge in [-0.2, -0.15) is 5.01 Å². The molecule has 1 N–H and O–H groups in total. The Labute approximate surface area is 203 Å². The lowest BCUT2D eigenvalue weighted by atomic mass is 10.2. The molecule has 1 fully saturated rings. The Morgan fingerprint density at radius 3 is 2.60 bits per heavy atom. The first kappa shape index (κ1) is 25.1. The van der Waals surface area contributed by atoms with E-state index in [1.165, 1.54) is 11.8 Å². The van der Waals surface area contributed by atoms with E-state index in [1.54, 1.807) is 20.1 Å². The fraction of sp³-hybridized carbons (Fsp3) is 0.350. The van der Waals surface area contributed by atoms with Crippen LogP contribution in [-0.4, -0.2) is 53.8 Å². The fourth-order valence-electron chi connectivity index (χ4n) is 3.29. The van der Waals surface area contributed by atoms with E-state index < -0.39 is 4.87 Å². The van der Waals surface area contributed by atoms with E-state index in [9.17, 15) is 9.90 Å². The van der Waals surface area contributed by atoms with E-state index in [1.807, 2.05) is 47.4 Å². The molecule has 1 unspecified atom stereocenters. The van der Waals surface area contributed by atoms with Crippen molar-refractivity contribution in [1.82, 2.24) is 5.01 Å². The Morgan fingerprint density at radius 1 is 1.30 bits per heavy atom. The van der Waals surface area contributed by atoms with E-state index in [2.05, 4.69) is 31.9 Å². The summed E-state index contributed by atoms with van der Waals surface area (Å²) in [5.74, 6) is 2.04. The van der Waals surface area contributed by atoms with Crippen molar-refractivity contribution in [2.75, 3.05) is 38.1 Å². The number of rotatable bonds is 7. The van der Waals surface area contributed by atoms with Crippen molar-refractivity contribution >= 4 is 67.5 Å². The number of hydrazine groups is 1. The number of Topliss-reactive ketones (excluding diaryl/α,β-unsaturated/α-hetero) is 1. The summed E-state index contributed by atoms with van der Waals surface area (Å²) in [5, 5.41) is 14.3. The number of carbonyl (C=O) groups is 1. The number of thioether (sulfide) groups is 1. The summed E-state index contributed by atoms with van der Waals surface area (Å²) in [6.07, 6.45) is 0. The van der Waals surface area contributed by atoms with Gasteiger partial charge in [-0.15, -0.1) is 24.2 Å². The lowest BCUT2D eigenvalue weighted by Crippen LogP contribution is -2.58. The van der Waals surface area contributed by atoms with Gasteiger partial charge >= 0.3 is 0 Å². The number of carbonyl (C=O) groups excluding carboxylic acids is 1. The first-order valence-corrected chi connectivity index (χ1v) is 11.5. The minimum Gasteiger partial charge on any atom is -0.505 e.